The van der Waals surface area contributed by atoms with E-state index in [0.29, 0.717) is 0 Å². The SMILES string of the molecule is O=C(NNc1ncnc(NC2CCCC2)c1[N+](=O)[O-])C(c1ccccc1)c1ccccc1. The fourth-order valence-corrected chi connectivity index (χ4v) is 3.99. The zero-order chi connectivity index (χ0) is 22.3. The molecule has 1 saturated carbocycles. The van der Waals surface area contributed by atoms with Crippen LogP contribution < -0.4 is 16.2 Å². The number of benzene rings is 2. The molecule has 3 N–H and O–H groups in total. The second kappa shape index (κ2) is 9.86. The van der Waals surface area contributed by atoms with Crippen molar-refractivity contribution in [1.29, 1.82) is 0 Å². The molecule has 4 rings (SSSR count). The van der Waals surface area contributed by atoms with E-state index in [0.717, 1.165) is 36.8 Å². The van der Waals surface area contributed by atoms with E-state index >= 15 is 0 Å². The van der Waals surface area contributed by atoms with Crippen LogP contribution in [0.4, 0.5) is 17.3 Å². The Morgan fingerprint density at radius 2 is 1.50 bits per heavy atom. The molecule has 1 heterocycles. The molecule has 9 heteroatoms. The molecule has 164 valence electrons. The van der Waals surface area contributed by atoms with Gasteiger partial charge in [-0.15, -0.1) is 0 Å². The fraction of sp³-hybridized carbons (Fsp3) is 0.261. The predicted molar refractivity (Wildman–Crippen MR) is 121 cm³/mol. The highest BCUT2D eigenvalue weighted by atomic mass is 16.6. The number of amides is 1. The summed E-state index contributed by atoms with van der Waals surface area (Å²) in [4.78, 5) is 32.4. The molecule has 0 unspecified atom stereocenters. The summed E-state index contributed by atoms with van der Waals surface area (Å²) in [6.45, 7) is 0. The van der Waals surface area contributed by atoms with E-state index in [1.165, 1.54) is 6.33 Å². The molecule has 0 aliphatic heterocycles. The Bertz CT molecular complexity index is 1030. The van der Waals surface area contributed by atoms with Gasteiger partial charge in [-0.25, -0.2) is 9.97 Å². The first-order chi connectivity index (χ1) is 15.6. The Balaban J connectivity index is 1.56. The average Bonchev–Trinajstić information content (AvgIpc) is 3.32. The molecular formula is C23H24N6O3. The maximum Gasteiger partial charge on any atom is 0.354 e. The van der Waals surface area contributed by atoms with Crippen molar-refractivity contribution in [2.75, 3.05) is 10.7 Å². The number of anilines is 2. The second-order valence-electron chi connectivity index (χ2n) is 7.67. The van der Waals surface area contributed by atoms with Gasteiger partial charge >= 0.3 is 5.69 Å². The fourth-order valence-electron chi connectivity index (χ4n) is 3.99. The van der Waals surface area contributed by atoms with Crippen molar-refractivity contribution in [3.05, 3.63) is 88.2 Å². The Labute approximate surface area is 185 Å². The lowest BCUT2D eigenvalue weighted by atomic mass is 9.91. The zero-order valence-electron chi connectivity index (χ0n) is 17.4. The van der Waals surface area contributed by atoms with Crippen LogP contribution in [0.3, 0.4) is 0 Å². The van der Waals surface area contributed by atoms with Gasteiger partial charge in [0.2, 0.25) is 17.5 Å². The Hall–Kier alpha value is -4.01. The normalized spacial score (nSPS) is 13.7. The van der Waals surface area contributed by atoms with Gasteiger partial charge in [0.15, 0.2) is 0 Å². The Kier molecular flexibility index (Phi) is 6.54. The van der Waals surface area contributed by atoms with Crippen LogP contribution >= 0.6 is 0 Å². The van der Waals surface area contributed by atoms with Gasteiger partial charge in [0.25, 0.3) is 0 Å². The summed E-state index contributed by atoms with van der Waals surface area (Å²) in [6.07, 6.45) is 5.29. The third-order valence-electron chi connectivity index (χ3n) is 5.53. The predicted octanol–water partition coefficient (Wildman–Crippen LogP) is 4.01. The monoisotopic (exact) mass is 432 g/mol. The van der Waals surface area contributed by atoms with Gasteiger partial charge in [-0.05, 0) is 24.0 Å². The number of aromatic nitrogens is 2. The molecule has 1 amide bonds. The molecular weight excluding hydrogens is 408 g/mol. The van der Waals surface area contributed by atoms with Crippen molar-refractivity contribution in [1.82, 2.24) is 15.4 Å². The minimum atomic E-state index is -0.595. The van der Waals surface area contributed by atoms with Crippen LogP contribution in [0.25, 0.3) is 0 Å². The van der Waals surface area contributed by atoms with Gasteiger partial charge in [-0.1, -0.05) is 73.5 Å². The van der Waals surface area contributed by atoms with E-state index in [2.05, 4.69) is 26.1 Å². The van der Waals surface area contributed by atoms with Crippen molar-refractivity contribution in [3.8, 4) is 0 Å². The maximum absolute atomic E-state index is 13.2. The lowest BCUT2D eigenvalue weighted by molar-refractivity contribution is -0.383. The van der Waals surface area contributed by atoms with Crippen molar-refractivity contribution in [3.63, 3.8) is 0 Å². The summed E-state index contributed by atoms with van der Waals surface area (Å²) >= 11 is 0. The highest BCUT2D eigenvalue weighted by Gasteiger charge is 2.28. The van der Waals surface area contributed by atoms with Gasteiger partial charge in [-0.3, -0.25) is 25.8 Å². The van der Waals surface area contributed by atoms with Crippen molar-refractivity contribution in [2.24, 2.45) is 0 Å². The lowest BCUT2D eigenvalue weighted by Crippen LogP contribution is -2.35. The standard InChI is InChI=1S/C23H24N6O3/c30-23(19(16-9-3-1-4-10-16)17-11-5-2-6-12-17)28-27-22-20(29(31)32)21(24-15-25-22)26-18-13-7-8-14-18/h1-6,9-12,15,18-19H,7-8,13-14H2,(H,28,30)(H2,24,25,26,27). The number of carbonyl (C=O) groups is 1. The maximum atomic E-state index is 13.2. The van der Waals surface area contributed by atoms with Gasteiger partial charge < -0.3 is 5.32 Å². The molecule has 0 radical (unpaired) electrons. The Morgan fingerprint density at radius 1 is 0.938 bits per heavy atom. The number of nitro groups is 1. The van der Waals surface area contributed by atoms with Crippen LogP contribution in [0.2, 0.25) is 0 Å². The van der Waals surface area contributed by atoms with Crippen LogP contribution in [0.1, 0.15) is 42.7 Å². The molecule has 0 saturated heterocycles. The van der Waals surface area contributed by atoms with Crippen LogP contribution in [-0.2, 0) is 4.79 Å². The van der Waals surface area contributed by atoms with E-state index in [4.69, 9.17) is 0 Å². The van der Waals surface area contributed by atoms with E-state index in [-0.39, 0.29) is 29.3 Å². The molecule has 1 fully saturated rings. The quantitative estimate of drug-likeness (QED) is 0.363. The molecule has 9 nitrogen and oxygen atoms in total. The van der Waals surface area contributed by atoms with Crippen LogP contribution in [-0.4, -0.2) is 26.8 Å². The topological polar surface area (TPSA) is 122 Å². The first-order valence-corrected chi connectivity index (χ1v) is 10.5. The molecule has 1 aromatic heterocycles. The molecule has 1 aliphatic carbocycles. The number of carbonyl (C=O) groups excluding carboxylic acids is 1. The minimum absolute atomic E-state index is 0.0706. The first kappa shape index (κ1) is 21.2. The van der Waals surface area contributed by atoms with E-state index in [9.17, 15) is 14.9 Å². The van der Waals surface area contributed by atoms with Gasteiger partial charge in [0.05, 0.1) is 10.8 Å². The highest BCUT2D eigenvalue weighted by molar-refractivity contribution is 5.88. The summed E-state index contributed by atoms with van der Waals surface area (Å²) in [5.41, 5.74) is 6.56. The first-order valence-electron chi connectivity index (χ1n) is 10.5. The smallest absolute Gasteiger partial charge is 0.354 e. The van der Waals surface area contributed by atoms with E-state index in [1.54, 1.807) is 0 Å². The third-order valence-corrected chi connectivity index (χ3v) is 5.53. The average molecular weight is 432 g/mol. The summed E-state index contributed by atoms with van der Waals surface area (Å²) in [7, 11) is 0. The number of nitrogens with zero attached hydrogens (tertiary/aromatic N) is 3. The number of hydrazine groups is 1. The van der Waals surface area contributed by atoms with E-state index < -0.39 is 10.8 Å². The van der Waals surface area contributed by atoms with Crippen LogP contribution in [0.15, 0.2) is 67.0 Å². The zero-order valence-corrected chi connectivity index (χ0v) is 17.4. The lowest BCUT2D eigenvalue weighted by Gasteiger charge is -2.19. The number of hydrogen-bond acceptors (Lipinski definition) is 7. The number of nitrogens with one attached hydrogen (secondary N) is 3. The van der Waals surface area contributed by atoms with Crippen LogP contribution in [0.5, 0.6) is 0 Å². The summed E-state index contributed by atoms with van der Waals surface area (Å²) in [5.74, 6) is -0.877. The molecule has 2 aromatic carbocycles. The largest absolute Gasteiger partial charge is 0.361 e. The Morgan fingerprint density at radius 3 is 2.06 bits per heavy atom. The molecule has 32 heavy (non-hydrogen) atoms. The molecule has 0 atom stereocenters. The van der Waals surface area contributed by atoms with Gasteiger partial charge in [0.1, 0.15) is 6.33 Å². The van der Waals surface area contributed by atoms with Gasteiger partial charge in [-0.2, -0.15) is 0 Å². The second-order valence-corrected chi connectivity index (χ2v) is 7.67. The van der Waals surface area contributed by atoms with Crippen molar-refractivity contribution >= 4 is 23.2 Å². The highest BCUT2D eigenvalue weighted by Crippen LogP contribution is 2.31. The number of rotatable bonds is 8. The molecule has 1 aliphatic rings. The molecule has 0 spiro atoms. The minimum Gasteiger partial charge on any atom is -0.361 e. The third kappa shape index (κ3) is 4.83. The van der Waals surface area contributed by atoms with Crippen LogP contribution in [0, 0.1) is 10.1 Å². The van der Waals surface area contributed by atoms with Crippen molar-refractivity contribution in [2.45, 2.75) is 37.6 Å². The van der Waals surface area contributed by atoms with Gasteiger partial charge in [0, 0.05) is 6.04 Å². The summed E-state index contributed by atoms with van der Waals surface area (Å²) in [5, 5.41) is 14.9. The molecule has 0 bridgehead atoms. The number of hydrogen-bond donors (Lipinski definition) is 3. The van der Waals surface area contributed by atoms with Crippen molar-refractivity contribution < 1.29 is 9.72 Å². The molecule has 3 aromatic rings. The summed E-state index contributed by atoms with van der Waals surface area (Å²) < 4.78 is 0. The van der Waals surface area contributed by atoms with E-state index in [1.807, 2.05) is 60.7 Å². The summed E-state index contributed by atoms with van der Waals surface area (Å²) in [6, 6.07) is 18.8.